The fraction of sp³-hybridized carbons (Fsp3) is 0.700. The highest BCUT2D eigenvalue weighted by molar-refractivity contribution is 5.15. The Balaban J connectivity index is 1.48. The number of hydrogen-bond donors (Lipinski definition) is 1. The van der Waals surface area contributed by atoms with Crippen LogP contribution in [0.1, 0.15) is 31.7 Å². The molecule has 1 aromatic rings. The van der Waals surface area contributed by atoms with Crippen LogP contribution in [-0.2, 0) is 6.54 Å². The van der Waals surface area contributed by atoms with Crippen LogP contribution in [0.5, 0.6) is 0 Å². The standard InChI is InChI=1S/C20H31N3O/c1-20(16-24)15-21(12-17-6-3-2-4-7-17)13-19-14-22(10-11-23(19)20)18-8-5-9-18/h2-4,6-7,18-19,24H,5,8-16H2,1H3. The van der Waals surface area contributed by atoms with Gasteiger partial charge in [0.1, 0.15) is 0 Å². The van der Waals surface area contributed by atoms with Gasteiger partial charge >= 0.3 is 0 Å². The van der Waals surface area contributed by atoms with Crippen LogP contribution < -0.4 is 0 Å². The second kappa shape index (κ2) is 6.75. The first-order valence-corrected chi connectivity index (χ1v) is 9.56. The number of benzene rings is 1. The highest BCUT2D eigenvalue weighted by Crippen LogP contribution is 2.32. The number of nitrogens with zero attached hydrogens (tertiary/aromatic N) is 3. The fourth-order valence-corrected chi connectivity index (χ4v) is 4.87. The molecule has 0 amide bonds. The van der Waals surface area contributed by atoms with E-state index in [1.807, 2.05) is 0 Å². The number of fused-ring (bicyclic) bond motifs is 1. The second-order valence-corrected chi connectivity index (χ2v) is 8.24. The quantitative estimate of drug-likeness (QED) is 0.912. The molecule has 24 heavy (non-hydrogen) atoms. The normalized spacial score (nSPS) is 33.2. The third-order valence-electron chi connectivity index (χ3n) is 6.42. The summed E-state index contributed by atoms with van der Waals surface area (Å²) in [7, 11) is 0. The maximum absolute atomic E-state index is 10.1. The first kappa shape index (κ1) is 16.5. The van der Waals surface area contributed by atoms with Crippen molar-refractivity contribution in [2.75, 3.05) is 39.3 Å². The second-order valence-electron chi connectivity index (χ2n) is 8.24. The van der Waals surface area contributed by atoms with E-state index < -0.39 is 0 Å². The monoisotopic (exact) mass is 329 g/mol. The molecule has 0 aromatic heterocycles. The lowest BCUT2D eigenvalue weighted by atomic mass is 9.87. The van der Waals surface area contributed by atoms with Gasteiger partial charge in [-0.05, 0) is 25.3 Å². The van der Waals surface area contributed by atoms with E-state index in [2.05, 4.69) is 52.0 Å². The fourth-order valence-electron chi connectivity index (χ4n) is 4.87. The van der Waals surface area contributed by atoms with Crippen LogP contribution >= 0.6 is 0 Å². The average molecular weight is 329 g/mol. The number of aliphatic hydroxyl groups is 1. The van der Waals surface area contributed by atoms with Crippen molar-refractivity contribution in [2.24, 2.45) is 0 Å². The minimum Gasteiger partial charge on any atom is -0.394 e. The molecular formula is C20H31N3O. The molecule has 2 unspecified atom stereocenters. The largest absolute Gasteiger partial charge is 0.394 e. The van der Waals surface area contributed by atoms with Crippen LogP contribution in [-0.4, -0.2) is 76.8 Å². The van der Waals surface area contributed by atoms with Crippen molar-refractivity contribution in [2.45, 2.75) is 50.4 Å². The number of aliphatic hydroxyl groups excluding tert-OH is 1. The molecule has 3 aliphatic rings. The van der Waals surface area contributed by atoms with Crippen molar-refractivity contribution in [1.29, 1.82) is 0 Å². The van der Waals surface area contributed by atoms with Crippen LogP contribution in [0.15, 0.2) is 30.3 Å². The third kappa shape index (κ3) is 3.13. The molecule has 0 bridgehead atoms. The van der Waals surface area contributed by atoms with Crippen molar-refractivity contribution < 1.29 is 5.11 Å². The molecule has 1 saturated carbocycles. The van der Waals surface area contributed by atoms with Gasteiger partial charge in [0.2, 0.25) is 0 Å². The zero-order valence-electron chi connectivity index (χ0n) is 14.9. The summed E-state index contributed by atoms with van der Waals surface area (Å²) in [5.41, 5.74) is 1.27. The summed E-state index contributed by atoms with van der Waals surface area (Å²) < 4.78 is 0. The Kier molecular flexibility index (Phi) is 4.65. The Labute approximate surface area is 146 Å². The van der Waals surface area contributed by atoms with Gasteiger partial charge in [0, 0.05) is 51.4 Å². The van der Waals surface area contributed by atoms with E-state index in [0.29, 0.717) is 6.04 Å². The molecule has 3 fully saturated rings. The molecule has 2 saturated heterocycles. The Bertz CT molecular complexity index is 547. The van der Waals surface area contributed by atoms with Gasteiger partial charge in [-0.25, -0.2) is 0 Å². The molecule has 2 aliphatic heterocycles. The number of piperazine rings is 2. The van der Waals surface area contributed by atoms with Crippen molar-refractivity contribution >= 4 is 0 Å². The Morgan fingerprint density at radius 2 is 1.88 bits per heavy atom. The minimum absolute atomic E-state index is 0.108. The van der Waals surface area contributed by atoms with E-state index in [1.165, 1.54) is 37.9 Å². The Morgan fingerprint density at radius 1 is 1.08 bits per heavy atom. The van der Waals surface area contributed by atoms with Gasteiger partial charge in [0.05, 0.1) is 12.1 Å². The maximum atomic E-state index is 10.1. The molecule has 2 heterocycles. The minimum atomic E-state index is -0.108. The summed E-state index contributed by atoms with van der Waals surface area (Å²) in [5, 5.41) is 10.1. The highest BCUT2D eigenvalue weighted by atomic mass is 16.3. The lowest BCUT2D eigenvalue weighted by Crippen LogP contribution is -2.72. The molecule has 1 aliphatic carbocycles. The van der Waals surface area contributed by atoms with Crippen LogP contribution in [0.4, 0.5) is 0 Å². The van der Waals surface area contributed by atoms with Crippen LogP contribution in [0.3, 0.4) is 0 Å². The first-order valence-electron chi connectivity index (χ1n) is 9.56. The van der Waals surface area contributed by atoms with Gasteiger partial charge in [-0.3, -0.25) is 14.7 Å². The van der Waals surface area contributed by atoms with Gasteiger partial charge < -0.3 is 5.11 Å². The molecule has 0 radical (unpaired) electrons. The topological polar surface area (TPSA) is 30.0 Å². The van der Waals surface area contributed by atoms with E-state index in [0.717, 1.165) is 32.2 Å². The SMILES string of the molecule is CC1(CO)CN(Cc2ccccc2)CC2CN(C3CCC3)CCN21. The van der Waals surface area contributed by atoms with Crippen LogP contribution in [0, 0.1) is 0 Å². The number of rotatable bonds is 4. The van der Waals surface area contributed by atoms with Crippen LogP contribution in [0.25, 0.3) is 0 Å². The predicted molar refractivity (Wildman–Crippen MR) is 96.9 cm³/mol. The molecule has 4 heteroatoms. The summed E-state index contributed by atoms with van der Waals surface area (Å²) in [5.74, 6) is 0. The molecule has 4 rings (SSSR count). The zero-order chi connectivity index (χ0) is 16.6. The molecular weight excluding hydrogens is 298 g/mol. The van der Waals surface area contributed by atoms with E-state index in [4.69, 9.17) is 0 Å². The molecule has 4 nitrogen and oxygen atoms in total. The molecule has 0 spiro atoms. The zero-order valence-corrected chi connectivity index (χ0v) is 14.9. The van der Waals surface area contributed by atoms with Crippen molar-refractivity contribution in [3.05, 3.63) is 35.9 Å². The van der Waals surface area contributed by atoms with Gasteiger partial charge in [0.15, 0.2) is 0 Å². The third-order valence-corrected chi connectivity index (χ3v) is 6.42. The van der Waals surface area contributed by atoms with Crippen molar-refractivity contribution in [3.63, 3.8) is 0 Å². The molecule has 2 atom stereocenters. The summed E-state index contributed by atoms with van der Waals surface area (Å²) in [6.07, 6.45) is 4.18. The van der Waals surface area contributed by atoms with Gasteiger partial charge in [0.25, 0.3) is 0 Å². The summed E-state index contributed by atoms with van der Waals surface area (Å²) >= 11 is 0. The van der Waals surface area contributed by atoms with Gasteiger partial charge in [-0.2, -0.15) is 0 Å². The van der Waals surface area contributed by atoms with E-state index in [1.54, 1.807) is 0 Å². The van der Waals surface area contributed by atoms with Crippen molar-refractivity contribution in [1.82, 2.24) is 14.7 Å². The van der Waals surface area contributed by atoms with Crippen molar-refractivity contribution in [3.8, 4) is 0 Å². The van der Waals surface area contributed by atoms with E-state index in [9.17, 15) is 5.11 Å². The molecule has 1 N–H and O–H groups in total. The molecule has 1 aromatic carbocycles. The maximum Gasteiger partial charge on any atom is 0.0625 e. The summed E-state index contributed by atoms with van der Waals surface area (Å²) in [4.78, 5) is 7.87. The highest BCUT2D eigenvalue weighted by Gasteiger charge is 2.45. The lowest BCUT2D eigenvalue weighted by molar-refractivity contribution is -0.104. The summed E-state index contributed by atoms with van der Waals surface area (Å²) in [6, 6.07) is 12.1. The van der Waals surface area contributed by atoms with E-state index >= 15 is 0 Å². The lowest BCUT2D eigenvalue weighted by Gasteiger charge is -2.57. The smallest absolute Gasteiger partial charge is 0.0625 e. The molecule has 132 valence electrons. The Morgan fingerprint density at radius 3 is 2.54 bits per heavy atom. The Hall–Kier alpha value is -0.940. The van der Waals surface area contributed by atoms with Crippen LogP contribution in [0.2, 0.25) is 0 Å². The average Bonchev–Trinajstić information content (AvgIpc) is 2.54. The van der Waals surface area contributed by atoms with E-state index in [-0.39, 0.29) is 12.1 Å². The number of hydrogen-bond acceptors (Lipinski definition) is 4. The summed E-state index contributed by atoms with van der Waals surface area (Å²) in [6.45, 7) is 9.02. The van der Waals surface area contributed by atoms with Gasteiger partial charge in [-0.1, -0.05) is 36.8 Å². The van der Waals surface area contributed by atoms with Gasteiger partial charge in [-0.15, -0.1) is 0 Å². The predicted octanol–water partition coefficient (Wildman–Crippen LogP) is 1.79. The first-order chi connectivity index (χ1) is 11.7.